The molecule has 26 heavy (non-hydrogen) atoms. The minimum atomic E-state index is 0.235. The van der Waals surface area contributed by atoms with E-state index in [1.54, 1.807) is 0 Å². The number of hydrogen-bond acceptors (Lipinski definition) is 3. The van der Waals surface area contributed by atoms with Crippen LogP contribution in [0.5, 0.6) is 5.75 Å². The highest BCUT2D eigenvalue weighted by molar-refractivity contribution is 5.67. The van der Waals surface area contributed by atoms with Crippen LogP contribution in [0.2, 0.25) is 0 Å². The predicted octanol–water partition coefficient (Wildman–Crippen LogP) is 5.07. The van der Waals surface area contributed by atoms with E-state index in [4.69, 9.17) is 9.47 Å². The van der Waals surface area contributed by atoms with Crippen molar-refractivity contribution in [3.8, 4) is 5.75 Å². The summed E-state index contributed by atoms with van der Waals surface area (Å²) in [5, 5.41) is 3.82. The summed E-state index contributed by atoms with van der Waals surface area (Å²) < 4.78 is 11.9. The molecule has 0 aromatic heterocycles. The average Bonchev–Trinajstić information content (AvgIpc) is 3.38. The zero-order chi connectivity index (χ0) is 17.3. The lowest BCUT2D eigenvalue weighted by Gasteiger charge is -2.38. The van der Waals surface area contributed by atoms with Crippen molar-refractivity contribution < 1.29 is 9.47 Å². The standard InChI is InChI=1S/C23H25NO2/c1-2-7-16(8-3-1)22-19-11-4-10-18(19)20-12-5-13-21(23(20)24-22)26-15-17-9-6-14-25-17/h1-5,7-8,10,12-13,17-19,22,24H,6,9,11,14-15H2. The van der Waals surface area contributed by atoms with E-state index >= 15 is 0 Å². The fourth-order valence-corrected chi connectivity index (χ4v) is 4.66. The normalized spacial score (nSPS) is 29.1. The van der Waals surface area contributed by atoms with E-state index in [9.17, 15) is 0 Å². The van der Waals surface area contributed by atoms with Crippen LogP contribution >= 0.6 is 0 Å². The SMILES string of the molecule is C1=CC2c3cccc(OCC4CCCO4)c3NC(c3ccccc3)C2C1. The van der Waals surface area contributed by atoms with Crippen LogP contribution in [0.1, 0.15) is 42.3 Å². The largest absolute Gasteiger partial charge is 0.489 e. The zero-order valence-electron chi connectivity index (χ0n) is 14.9. The summed E-state index contributed by atoms with van der Waals surface area (Å²) in [5.41, 5.74) is 3.87. The Morgan fingerprint density at radius 2 is 2.00 bits per heavy atom. The number of allylic oxidation sites excluding steroid dienone is 2. The first-order valence-electron chi connectivity index (χ1n) is 9.75. The van der Waals surface area contributed by atoms with Gasteiger partial charge in [-0.3, -0.25) is 0 Å². The number of ether oxygens (including phenoxy) is 2. The van der Waals surface area contributed by atoms with Gasteiger partial charge in [0, 0.05) is 12.5 Å². The fourth-order valence-electron chi connectivity index (χ4n) is 4.66. The molecule has 1 fully saturated rings. The van der Waals surface area contributed by atoms with Gasteiger partial charge in [-0.1, -0.05) is 54.6 Å². The number of benzene rings is 2. The first kappa shape index (κ1) is 16.0. The van der Waals surface area contributed by atoms with Crippen molar-refractivity contribution in [3.63, 3.8) is 0 Å². The highest BCUT2D eigenvalue weighted by Gasteiger charge is 2.38. The lowest BCUT2D eigenvalue weighted by Crippen LogP contribution is -2.29. The van der Waals surface area contributed by atoms with Crippen molar-refractivity contribution in [2.45, 2.75) is 37.3 Å². The third kappa shape index (κ3) is 2.80. The van der Waals surface area contributed by atoms with E-state index in [0.717, 1.165) is 37.3 Å². The van der Waals surface area contributed by atoms with Crippen molar-refractivity contribution in [2.75, 3.05) is 18.5 Å². The number of hydrogen-bond donors (Lipinski definition) is 1. The van der Waals surface area contributed by atoms with Crippen LogP contribution in [0.15, 0.2) is 60.7 Å². The molecule has 0 bridgehead atoms. The highest BCUT2D eigenvalue weighted by atomic mass is 16.5. The van der Waals surface area contributed by atoms with Crippen LogP contribution in [-0.4, -0.2) is 19.3 Å². The minimum absolute atomic E-state index is 0.235. The summed E-state index contributed by atoms with van der Waals surface area (Å²) in [4.78, 5) is 0. The van der Waals surface area contributed by atoms with Gasteiger partial charge >= 0.3 is 0 Å². The lowest BCUT2D eigenvalue weighted by atomic mass is 9.77. The molecule has 2 aromatic rings. The fraction of sp³-hybridized carbons (Fsp3) is 0.391. The molecule has 0 radical (unpaired) electrons. The van der Waals surface area contributed by atoms with Crippen molar-refractivity contribution >= 4 is 5.69 Å². The number of rotatable bonds is 4. The molecule has 2 heterocycles. The molecule has 1 saturated heterocycles. The van der Waals surface area contributed by atoms with Gasteiger partial charge in [0.1, 0.15) is 12.4 Å². The summed E-state index contributed by atoms with van der Waals surface area (Å²) in [6.07, 6.45) is 8.31. The molecule has 5 rings (SSSR count). The van der Waals surface area contributed by atoms with Gasteiger partial charge in [0.2, 0.25) is 0 Å². The summed E-state index contributed by atoms with van der Waals surface area (Å²) in [6.45, 7) is 1.50. The molecule has 3 nitrogen and oxygen atoms in total. The number of fused-ring (bicyclic) bond motifs is 3. The second kappa shape index (κ2) is 6.81. The van der Waals surface area contributed by atoms with E-state index in [2.05, 4.69) is 66.0 Å². The quantitative estimate of drug-likeness (QED) is 0.783. The van der Waals surface area contributed by atoms with E-state index in [-0.39, 0.29) is 6.10 Å². The van der Waals surface area contributed by atoms with Gasteiger partial charge in [-0.25, -0.2) is 0 Å². The third-order valence-corrected chi connectivity index (χ3v) is 5.97. The van der Waals surface area contributed by atoms with Crippen molar-refractivity contribution in [3.05, 3.63) is 71.8 Å². The molecule has 0 spiro atoms. The predicted molar refractivity (Wildman–Crippen MR) is 104 cm³/mol. The zero-order valence-corrected chi connectivity index (χ0v) is 14.9. The Labute approximate surface area is 155 Å². The van der Waals surface area contributed by atoms with Gasteiger partial charge in [0.15, 0.2) is 0 Å². The van der Waals surface area contributed by atoms with Gasteiger partial charge in [-0.2, -0.15) is 0 Å². The molecule has 2 aromatic carbocycles. The molecule has 1 aliphatic carbocycles. The van der Waals surface area contributed by atoms with Gasteiger partial charge in [-0.15, -0.1) is 0 Å². The Balaban J connectivity index is 1.47. The van der Waals surface area contributed by atoms with Crippen LogP contribution in [0.4, 0.5) is 5.69 Å². The molecule has 3 heteroatoms. The molecule has 3 aliphatic rings. The van der Waals surface area contributed by atoms with Crippen molar-refractivity contribution in [1.29, 1.82) is 0 Å². The Bertz CT molecular complexity index is 795. The second-order valence-electron chi connectivity index (χ2n) is 7.55. The lowest BCUT2D eigenvalue weighted by molar-refractivity contribution is 0.0681. The molecular weight excluding hydrogens is 322 g/mol. The smallest absolute Gasteiger partial charge is 0.142 e. The monoisotopic (exact) mass is 347 g/mol. The summed E-state index contributed by atoms with van der Waals surface area (Å²) >= 11 is 0. The summed E-state index contributed by atoms with van der Waals surface area (Å²) in [6, 6.07) is 17.6. The van der Waals surface area contributed by atoms with Crippen LogP contribution in [-0.2, 0) is 4.74 Å². The first-order chi connectivity index (χ1) is 12.9. The van der Waals surface area contributed by atoms with E-state index in [0.29, 0.717) is 24.5 Å². The van der Waals surface area contributed by atoms with Crippen LogP contribution in [0.25, 0.3) is 0 Å². The first-order valence-corrected chi connectivity index (χ1v) is 9.75. The molecular formula is C23H25NO2. The maximum absolute atomic E-state index is 6.21. The maximum atomic E-state index is 6.21. The summed E-state index contributed by atoms with van der Waals surface area (Å²) in [7, 11) is 0. The highest BCUT2D eigenvalue weighted by Crippen LogP contribution is 2.52. The molecule has 134 valence electrons. The molecule has 4 atom stereocenters. The van der Waals surface area contributed by atoms with E-state index < -0.39 is 0 Å². The van der Waals surface area contributed by atoms with Crippen LogP contribution < -0.4 is 10.1 Å². The molecule has 0 saturated carbocycles. The summed E-state index contributed by atoms with van der Waals surface area (Å²) in [5.74, 6) is 1.98. The van der Waals surface area contributed by atoms with Gasteiger partial charge in [0.05, 0.1) is 17.8 Å². The van der Waals surface area contributed by atoms with Gasteiger partial charge in [0.25, 0.3) is 0 Å². The third-order valence-electron chi connectivity index (χ3n) is 5.97. The van der Waals surface area contributed by atoms with Crippen molar-refractivity contribution in [2.24, 2.45) is 5.92 Å². The maximum Gasteiger partial charge on any atom is 0.142 e. The Hall–Kier alpha value is -2.26. The number of nitrogens with one attached hydrogen (secondary N) is 1. The molecule has 4 unspecified atom stereocenters. The Morgan fingerprint density at radius 3 is 2.85 bits per heavy atom. The number of anilines is 1. The number of para-hydroxylation sites is 1. The van der Waals surface area contributed by atoms with Gasteiger partial charge in [-0.05, 0) is 42.4 Å². The van der Waals surface area contributed by atoms with Crippen LogP contribution in [0.3, 0.4) is 0 Å². The van der Waals surface area contributed by atoms with Gasteiger partial charge < -0.3 is 14.8 Å². The van der Waals surface area contributed by atoms with Crippen molar-refractivity contribution in [1.82, 2.24) is 0 Å². The van der Waals surface area contributed by atoms with E-state index in [1.165, 1.54) is 11.1 Å². The minimum Gasteiger partial charge on any atom is -0.489 e. The molecule has 0 amide bonds. The molecule has 1 N–H and O–H groups in total. The van der Waals surface area contributed by atoms with Crippen LogP contribution in [0, 0.1) is 5.92 Å². The topological polar surface area (TPSA) is 30.5 Å². The van der Waals surface area contributed by atoms with E-state index in [1.807, 2.05) is 0 Å². The average molecular weight is 347 g/mol. The molecule has 2 aliphatic heterocycles. The Morgan fingerprint density at radius 1 is 1.08 bits per heavy atom. The Kier molecular flexibility index (Phi) is 4.18. The second-order valence-corrected chi connectivity index (χ2v) is 7.55.